The third kappa shape index (κ3) is 2.36. The van der Waals surface area contributed by atoms with Crippen LogP contribution in [0.15, 0.2) is 0 Å². The molecule has 1 saturated carbocycles. The van der Waals surface area contributed by atoms with Gasteiger partial charge in [-0.2, -0.15) is 0 Å². The number of nitrogens with one attached hydrogen (secondary N) is 2. The van der Waals surface area contributed by atoms with Gasteiger partial charge in [-0.3, -0.25) is 4.79 Å². The van der Waals surface area contributed by atoms with E-state index in [-0.39, 0.29) is 5.91 Å². The van der Waals surface area contributed by atoms with Gasteiger partial charge in [-0.15, -0.1) is 0 Å². The second-order valence-corrected chi connectivity index (χ2v) is 5.63. The van der Waals surface area contributed by atoms with Crippen molar-refractivity contribution in [2.75, 3.05) is 20.1 Å². The van der Waals surface area contributed by atoms with Crippen molar-refractivity contribution in [1.82, 2.24) is 15.5 Å². The summed E-state index contributed by atoms with van der Waals surface area (Å²) in [6, 6.07) is -0.396. The van der Waals surface area contributed by atoms with Gasteiger partial charge in [0.2, 0.25) is 5.91 Å². The van der Waals surface area contributed by atoms with Crippen LogP contribution in [-0.2, 0) is 9.59 Å². The van der Waals surface area contributed by atoms with Crippen molar-refractivity contribution in [3.05, 3.63) is 0 Å². The number of carbonyl (C=O) groups is 3. The summed E-state index contributed by atoms with van der Waals surface area (Å²) in [4.78, 5) is 36.3. The lowest BCUT2D eigenvalue weighted by Crippen LogP contribution is -2.50. The van der Waals surface area contributed by atoms with Crippen LogP contribution in [0.5, 0.6) is 0 Å². The van der Waals surface area contributed by atoms with Gasteiger partial charge < -0.3 is 20.6 Å². The molecule has 3 amide bonds. The van der Waals surface area contributed by atoms with E-state index in [0.717, 1.165) is 0 Å². The molecule has 1 heterocycles. The van der Waals surface area contributed by atoms with Crippen molar-refractivity contribution >= 4 is 17.9 Å². The van der Waals surface area contributed by atoms with E-state index < -0.39 is 23.0 Å². The molecule has 7 heteroatoms. The summed E-state index contributed by atoms with van der Waals surface area (Å²) >= 11 is 0. The van der Waals surface area contributed by atoms with Gasteiger partial charge in [-0.25, -0.2) is 9.59 Å². The lowest BCUT2D eigenvalue weighted by Gasteiger charge is -2.24. The van der Waals surface area contributed by atoms with Crippen LogP contribution in [0.2, 0.25) is 0 Å². The average molecular weight is 269 g/mol. The first-order valence-electron chi connectivity index (χ1n) is 6.36. The number of hydrogen-bond acceptors (Lipinski definition) is 3. The number of hydrogen-bond donors (Lipinski definition) is 3. The Kier molecular flexibility index (Phi) is 3.15. The van der Waals surface area contributed by atoms with Gasteiger partial charge in [0.05, 0.1) is 5.41 Å². The Morgan fingerprint density at radius 2 is 1.84 bits per heavy atom. The number of nitrogens with zero attached hydrogens (tertiary/aromatic N) is 1. The molecule has 0 radical (unpaired) electrons. The van der Waals surface area contributed by atoms with Crippen molar-refractivity contribution in [3.8, 4) is 0 Å². The van der Waals surface area contributed by atoms with Gasteiger partial charge >= 0.3 is 12.0 Å². The molecule has 7 nitrogen and oxygen atoms in total. The zero-order chi connectivity index (χ0) is 14.3. The van der Waals surface area contributed by atoms with Gasteiger partial charge in [0, 0.05) is 20.1 Å². The lowest BCUT2D eigenvalue weighted by atomic mass is 9.89. The minimum Gasteiger partial charge on any atom is -0.480 e. The molecule has 1 atom stereocenters. The van der Waals surface area contributed by atoms with Crippen LogP contribution in [-0.4, -0.2) is 53.6 Å². The first-order valence-corrected chi connectivity index (χ1v) is 6.36. The van der Waals surface area contributed by atoms with E-state index in [1.165, 1.54) is 4.90 Å². The van der Waals surface area contributed by atoms with Crippen molar-refractivity contribution < 1.29 is 19.5 Å². The second-order valence-electron chi connectivity index (χ2n) is 5.63. The van der Waals surface area contributed by atoms with Crippen LogP contribution in [0.25, 0.3) is 0 Å². The summed E-state index contributed by atoms with van der Waals surface area (Å²) in [5.74, 6) is -1.09. The normalized spacial score (nSPS) is 27.8. The number of amides is 3. The van der Waals surface area contributed by atoms with Gasteiger partial charge in [-0.05, 0) is 26.2 Å². The van der Waals surface area contributed by atoms with Crippen LogP contribution < -0.4 is 10.6 Å². The maximum Gasteiger partial charge on any atom is 0.329 e. The van der Waals surface area contributed by atoms with Crippen LogP contribution in [0, 0.1) is 5.41 Å². The molecular formula is C12H19N3O4. The molecule has 106 valence electrons. The molecule has 2 fully saturated rings. The van der Waals surface area contributed by atoms with E-state index in [2.05, 4.69) is 10.6 Å². The van der Waals surface area contributed by atoms with Crippen LogP contribution in [0.3, 0.4) is 0 Å². The van der Waals surface area contributed by atoms with Crippen molar-refractivity contribution in [2.45, 2.75) is 31.7 Å². The number of aliphatic carboxylic acids is 1. The number of likely N-dealkylation sites (tertiary alicyclic amines) is 1. The molecule has 0 aromatic rings. The topological polar surface area (TPSA) is 98.7 Å². The average Bonchev–Trinajstić information content (AvgIpc) is 3.04. The number of carboxylic acid groups (broad SMARTS) is 1. The fourth-order valence-corrected chi connectivity index (χ4v) is 2.42. The molecule has 0 aromatic heterocycles. The number of carbonyl (C=O) groups excluding carboxylic acids is 2. The van der Waals surface area contributed by atoms with E-state index >= 15 is 0 Å². The number of urea groups is 1. The minimum absolute atomic E-state index is 0.0952. The molecule has 0 bridgehead atoms. The smallest absolute Gasteiger partial charge is 0.329 e. The Morgan fingerprint density at radius 3 is 2.32 bits per heavy atom. The van der Waals surface area contributed by atoms with Crippen LogP contribution in [0.1, 0.15) is 26.2 Å². The standard InChI is InChI=1S/C12H19N3O4/c1-11(8(16)13-2)5-6-15(7-11)10(19)14-12(3-4-12)9(17)18/h3-7H2,1-2H3,(H,13,16)(H,14,19)(H,17,18). The highest BCUT2D eigenvalue weighted by Crippen LogP contribution is 2.36. The summed E-state index contributed by atoms with van der Waals surface area (Å²) < 4.78 is 0. The zero-order valence-electron chi connectivity index (χ0n) is 11.2. The Balaban J connectivity index is 1.96. The summed E-state index contributed by atoms with van der Waals surface area (Å²) in [5, 5.41) is 14.2. The molecule has 3 N–H and O–H groups in total. The largest absolute Gasteiger partial charge is 0.480 e. The Morgan fingerprint density at radius 1 is 1.21 bits per heavy atom. The lowest BCUT2D eigenvalue weighted by molar-refractivity contribution is -0.140. The minimum atomic E-state index is -1.08. The molecule has 2 rings (SSSR count). The van der Waals surface area contributed by atoms with E-state index in [9.17, 15) is 14.4 Å². The Bertz CT molecular complexity index is 433. The fraction of sp³-hybridized carbons (Fsp3) is 0.750. The molecule has 2 aliphatic rings. The molecule has 1 aliphatic heterocycles. The maximum absolute atomic E-state index is 12.0. The predicted molar refractivity (Wildman–Crippen MR) is 66.5 cm³/mol. The van der Waals surface area contributed by atoms with Crippen molar-refractivity contribution in [1.29, 1.82) is 0 Å². The SMILES string of the molecule is CNC(=O)C1(C)CCN(C(=O)NC2(C(=O)O)CC2)C1. The summed E-state index contributed by atoms with van der Waals surface area (Å²) in [5.41, 5.74) is -1.67. The molecule has 1 saturated heterocycles. The van der Waals surface area contributed by atoms with E-state index in [4.69, 9.17) is 5.11 Å². The molecule has 1 unspecified atom stereocenters. The van der Waals surface area contributed by atoms with Crippen molar-refractivity contribution in [3.63, 3.8) is 0 Å². The first kappa shape index (κ1) is 13.6. The highest BCUT2D eigenvalue weighted by molar-refractivity contribution is 5.90. The Labute approximate surface area is 111 Å². The highest BCUT2D eigenvalue weighted by Gasteiger charge is 2.53. The summed E-state index contributed by atoms with van der Waals surface area (Å²) in [6.45, 7) is 2.59. The number of carboxylic acids is 1. The van der Waals surface area contributed by atoms with Crippen LogP contribution in [0.4, 0.5) is 4.79 Å². The highest BCUT2D eigenvalue weighted by atomic mass is 16.4. The third-order valence-electron chi connectivity index (χ3n) is 4.04. The predicted octanol–water partition coefficient (Wildman–Crippen LogP) is -0.229. The molecular weight excluding hydrogens is 250 g/mol. The first-order chi connectivity index (χ1) is 8.83. The van der Waals surface area contributed by atoms with E-state index in [0.29, 0.717) is 32.4 Å². The fourth-order valence-electron chi connectivity index (χ4n) is 2.42. The van der Waals surface area contributed by atoms with Crippen molar-refractivity contribution in [2.24, 2.45) is 5.41 Å². The molecule has 0 aromatic carbocycles. The third-order valence-corrected chi connectivity index (χ3v) is 4.04. The molecule has 1 aliphatic carbocycles. The van der Waals surface area contributed by atoms with Crippen LogP contribution >= 0.6 is 0 Å². The zero-order valence-corrected chi connectivity index (χ0v) is 11.2. The quantitative estimate of drug-likeness (QED) is 0.659. The monoisotopic (exact) mass is 269 g/mol. The van der Waals surface area contributed by atoms with Gasteiger partial charge in [0.25, 0.3) is 0 Å². The molecule has 0 spiro atoms. The van der Waals surface area contributed by atoms with E-state index in [1.54, 1.807) is 7.05 Å². The second kappa shape index (κ2) is 4.40. The van der Waals surface area contributed by atoms with Gasteiger partial charge in [-0.1, -0.05) is 0 Å². The van der Waals surface area contributed by atoms with Gasteiger partial charge in [0.1, 0.15) is 5.54 Å². The Hall–Kier alpha value is -1.79. The van der Waals surface area contributed by atoms with E-state index in [1.807, 2.05) is 6.92 Å². The summed E-state index contributed by atoms with van der Waals surface area (Å²) in [7, 11) is 1.57. The maximum atomic E-state index is 12.0. The summed E-state index contributed by atoms with van der Waals surface area (Å²) in [6.07, 6.45) is 1.52. The molecule has 19 heavy (non-hydrogen) atoms. The number of rotatable bonds is 3. The van der Waals surface area contributed by atoms with Gasteiger partial charge in [0.15, 0.2) is 0 Å².